The van der Waals surface area contributed by atoms with Gasteiger partial charge in [-0.25, -0.2) is 0 Å². The fourth-order valence-corrected chi connectivity index (χ4v) is 5.05. The molecule has 4 aliphatic carbocycles. The standard InChI is InChI=1S/C15H26N2O/c1-2-13(9-16)17-14(18)15-6-10-3-11(7-15)5-12(4-10)8-15/h10-13H,2-9,16H2,1H3,(H,17,18). The highest BCUT2D eigenvalue weighted by atomic mass is 16.2. The molecule has 3 nitrogen and oxygen atoms in total. The Morgan fingerprint density at radius 3 is 2.11 bits per heavy atom. The van der Waals surface area contributed by atoms with Crippen LogP contribution in [-0.2, 0) is 4.79 Å². The zero-order valence-corrected chi connectivity index (χ0v) is 11.5. The highest BCUT2D eigenvalue weighted by molar-refractivity contribution is 5.83. The molecule has 0 radical (unpaired) electrons. The summed E-state index contributed by atoms with van der Waals surface area (Å²) in [6, 6.07) is 0.172. The van der Waals surface area contributed by atoms with Gasteiger partial charge in [0.25, 0.3) is 0 Å². The highest BCUT2D eigenvalue weighted by Gasteiger charge is 2.54. The van der Waals surface area contributed by atoms with Crippen molar-refractivity contribution < 1.29 is 4.79 Å². The molecular formula is C15H26N2O. The molecular weight excluding hydrogens is 224 g/mol. The summed E-state index contributed by atoms with van der Waals surface area (Å²) >= 11 is 0. The number of rotatable bonds is 4. The van der Waals surface area contributed by atoms with Crippen LogP contribution in [0.3, 0.4) is 0 Å². The Morgan fingerprint density at radius 1 is 1.22 bits per heavy atom. The summed E-state index contributed by atoms with van der Waals surface area (Å²) in [5, 5.41) is 3.21. The fraction of sp³-hybridized carbons (Fsp3) is 0.933. The van der Waals surface area contributed by atoms with Gasteiger partial charge in [-0.1, -0.05) is 6.92 Å². The van der Waals surface area contributed by atoms with Crippen molar-refractivity contribution in [1.29, 1.82) is 0 Å². The van der Waals surface area contributed by atoms with E-state index in [1.165, 1.54) is 19.3 Å². The van der Waals surface area contributed by atoms with Crippen LogP contribution in [-0.4, -0.2) is 18.5 Å². The third-order valence-corrected chi connectivity index (χ3v) is 5.63. The van der Waals surface area contributed by atoms with E-state index < -0.39 is 0 Å². The van der Waals surface area contributed by atoms with Gasteiger partial charge < -0.3 is 11.1 Å². The first kappa shape index (κ1) is 12.5. The average Bonchev–Trinajstić information content (AvgIpc) is 2.34. The molecule has 1 unspecified atom stereocenters. The molecule has 1 atom stereocenters. The van der Waals surface area contributed by atoms with Crippen molar-refractivity contribution >= 4 is 5.91 Å². The molecule has 4 bridgehead atoms. The molecule has 18 heavy (non-hydrogen) atoms. The molecule has 0 aromatic carbocycles. The number of hydrogen-bond acceptors (Lipinski definition) is 2. The lowest BCUT2D eigenvalue weighted by atomic mass is 9.49. The van der Waals surface area contributed by atoms with Gasteiger partial charge >= 0.3 is 0 Å². The molecule has 0 heterocycles. The molecule has 0 aliphatic heterocycles. The Labute approximate surface area is 110 Å². The van der Waals surface area contributed by atoms with Gasteiger partial charge in [-0.2, -0.15) is 0 Å². The van der Waals surface area contributed by atoms with E-state index in [9.17, 15) is 4.79 Å². The molecule has 0 aromatic heterocycles. The van der Waals surface area contributed by atoms with Crippen molar-refractivity contribution in [2.24, 2.45) is 28.9 Å². The first-order valence-corrected chi connectivity index (χ1v) is 7.66. The lowest BCUT2D eigenvalue weighted by Crippen LogP contribution is -2.56. The van der Waals surface area contributed by atoms with Gasteiger partial charge in [0, 0.05) is 18.0 Å². The first-order valence-electron chi connectivity index (χ1n) is 7.66. The molecule has 0 aromatic rings. The number of nitrogens with one attached hydrogen (secondary N) is 1. The predicted molar refractivity (Wildman–Crippen MR) is 71.9 cm³/mol. The van der Waals surface area contributed by atoms with E-state index in [-0.39, 0.29) is 11.5 Å². The van der Waals surface area contributed by atoms with Gasteiger partial charge in [-0.3, -0.25) is 4.79 Å². The Kier molecular flexibility index (Phi) is 3.13. The van der Waals surface area contributed by atoms with E-state index in [0.717, 1.165) is 43.4 Å². The van der Waals surface area contributed by atoms with Crippen LogP contribution in [0.2, 0.25) is 0 Å². The normalized spacial score (nSPS) is 42.9. The van der Waals surface area contributed by atoms with E-state index in [2.05, 4.69) is 12.2 Å². The lowest BCUT2D eigenvalue weighted by Gasteiger charge is -2.55. The largest absolute Gasteiger partial charge is 0.352 e. The second-order valence-corrected chi connectivity index (χ2v) is 7.01. The van der Waals surface area contributed by atoms with Crippen LogP contribution in [0.25, 0.3) is 0 Å². The maximum absolute atomic E-state index is 12.7. The van der Waals surface area contributed by atoms with E-state index in [1.807, 2.05) is 0 Å². The van der Waals surface area contributed by atoms with Crippen molar-refractivity contribution in [2.75, 3.05) is 6.54 Å². The SMILES string of the molecule is CCC(CN)NC(=O)C12CC3CC(CC(C3)C1)C2. The molecule has 102 valence electrons. The summed E-state index contributed by atoms with van der Waals surface area (Å²) < 4.78 is 0. The van der Waals surface area contributed by atoms with Crippen molar-refractivity contribution in [3.05, 3.63) is 0 Å². The second kappa shape index (κ2) is 4.52. The third-order valence-electron chi connectivity index (χ3n) is 5.63. The molecule has 4 rings (SSSR count). The Hall–Kier alpha value is -0.570. The van der Waals surface area contributed by atoms with E-state index >= 15 is 0 Å². The molecule has 4 saturated carbocycles. The minimum atomic E-state index is -0.0165. The van der Waals surface area contributed by atoms with Gasteiger partial charge in [0.15, 0.2) is 0 Å². The summed E-state index contributed by atoms with van der Waals surface area (Å²) in [5.41, 5.74) is 5.69. The van der Waals surface area contributed by atoms with E-state index in [4.69, 9.17) is 5.73 Å². The van der Waals surface area contributed by atoms with Crippen LogP contribution < -0.4 is 11.1 Å². The van der Waals surface area contributed by atoms with Crippen LogP contribution >= 0.6 is 0 Å². The maximum Gasteiger partial charge on any atom is 0.226 e. The van der Waals surface area contributed by atoms with Crippen LogP contribution in [0.1, 0.15) is 51.9 Å². The van der Waals surface area contributed by atoms with Crippen molar-refractivity contribution in [3.8, 4) is 0 Å². The Morgan fingerprint density at radius 2 is 1.72 bits per heavy atom. The van der Waals surface area contributed by atoms with Crippen LogP contribution in [0.5, 0.6) is 0 Å². The van der Waals surface area contributed by atoms with Gasteiger partial charge in [0.05, 0.1) is 0 Å². The summed E-state index contributed by atoms with van der Waals surface area (Å²) in [5.74, 6) is 2.82. The van der Waals surface area contributed by atoms with Crippen molar-refractivity contribution in [3.63, 3.8) is 0 Å². The van der Waals surface area contributed by atoms with Gasteiger partial charge in [0.2, 0.25) is 5.91 Å². The molecule has 0 spiro atoms. The molecule has 4 aliphatic rings. The number of carbonyl (C=O) groups excluding carboxylic acids is 1. The average molecular weight is 250 g/mol. The molecule has 3 heteroatoms. The van der Waals surface area contributed by atoms with Gasteiger partial charge in [-0.15, -0.1) is 0 Å². The summed E-state index contributed by atoms with van der Waals surface area (Å²) in [4.78, 5) is 12.7. The minimum Gasteiger partial charge on any atom is -0.352 e. The summed E-state index contributed by atoms with van der Waals surface area (Å²) in [6.45, 7) is 2.66. The molecule has 3 N–H and O–H groups in total. The van der Waals surface area contributed by atoms with Crippen LogP contribution in [0.15, 0.2) is 0 Å². The molecule has 0 saturated heterocycles. The Bertz CT molecular complexity index is 300. The topological polar surface area (TPSA) is 55.1 Å². The quantitative estimate of drug-likeness (QED) is 0.802. The van der Waals surface area contributed by atoms with Crippen molar-refractivity contribution in [1.82, 2.24) is 5.32 Å². The lowest BCUT2D eigenvalue weighted by molar-refractivity contribution is -0.147. The second-order valence-electron chi connectivity index (χ2n) is 7.01. The van der Waals surface area contributed by atoms with Crippen molar-refractivity contribution in [2.45, 2.75) is 57.9 Å². The Balaban J connectivity index is 1.73. The third kappa shape index (κ3) is 1.97. The first-order chi connectivity index (χ1) is 8.65. The van der Waals surface area contributed by atoms with Crippen LogP contribution in [0, 0.1) is 23.2 Å². The zero-order valence-electron chi connectivity index (χ0n) is 11.5. The summed E-state index contributed by atoms with van der Waals surface area (Å²) in [6.07, 6.45) is 8.54. The van der Waals surface area contributed by atoms with E-state index in [1.54, 1.807) is 0 Å². The maximum atomic E-state index is 12.7. The number of amides is 1. The summed E-state index contributed by atoms with van der Waals surface area (Å²) in [7, 11) is 0. The number of hydrogen-bond donors (Lipinski definition) is 2. The fourth-order valence-electron chi connectivity index (χ4n) is 5.05. The predicted octanol–water partition coefficient (Wildman–Crippen LogP) is 2.06. The molecule has 1 amide bonds. The highest BCUT2D eigenvalue weighted by Crippen LogP contribution is 2.60. The van der Waals surface area contributed by atoms with E-state index in [0.29, 0.717) is 12.5 Å². The minimum absolute atomic E-state index is 0.0165. The van der Waals surface area contributed by atoms with Gasteiger partial charge in [-0.05, 0) is 62.7 Å². The monoisotopic (exact) mass is 250 g/mol. The molecule has 4 fully saturated rings. The zero-order chi connectivity index (χ0) is 12.8. The number of carbonyl (C=O) groups is 1. The van der Waals surface area contributed by atoms with Gasteiger partial charge in [0.1, 0.15) is 0 Å². The smallest absolute Gasteiger partial charge is 0.226 e. The number of nitrogens with two attached hydrogens (primary N) is 1. The van der Waals surface area contributed by atoms with Crippen LogP contribution in [0.4, 0.5) is 0 Å².